The molecule has 0 aliphatic rings. The molecule has 0 spiro atoms. The second-order valence-electron chi connectivity index (χ2n) is 6.90. The first-order chi connectivity index (χ1) is 16.7. The second kappa shape index (κ2) is 11.9. The van der Waals surface area contributed by atoms with Gasteiger partial charge in [0.15, 0.2) is 11.5 Å². The van der Waals surface area contributed by atoms with Crippen LogP contribution in [0.2, 0.25) is 10.0 Å². The average Bonchev–Trinajstić information content (AvgIpc) is 2.85. The molecule has 0 radical (unpaired) electrons. The Balaban J connectivity index is 1.84. The Morgan fingerprint density at radius 1 is 1.00 bits per heavy atom. The van der Waals surface area contributed by atoms with E-state index in [9.17, 15) is 14.9 Å². The summed E-state index contributed by atoms with van der Waals surface area (Å²) in [6.07, 6.45) is 1.40. The minimum atomic E-state index is -0.630. The number of carbonyl (C=O) groups is 2. The summed E-state index contributed by atoms with van der Waals surface area (Å²) in [5.41, 5.74) is 1.06. The molecule has 178 valence electrons. The molecule has 0 saturated carbocycles. The van der Waals surface area contributed by atoms with E-state index in [1.54, 1.807) is 42.5 Å². The summed E-state index contributed by atoms with van der Waals surface area (Å²) >= 11 is 13.9. The molecule has 10 heteroatoms. The van der Waals surface area contributed by atoms with Crippen molar-refractivity contribution < 1.29 is 23.8 Å². The van der Waals surface area contributed by atoms with Crippen LogP contribution in [-0.4, -0.2) is 26.1 Å². The fraction of sp³-hybridized carbons (Fsp3) is 0.0800. The Morgan fingerprint density at radius 2 is 1.71 bits per heavy atom. The number of hydrogen-bond acceptors (Lipinski definition) is 6. The van der Waals surface area contributed by atoms with Crippen molar-refractivity contribution in [1.29, 1.82) is 5.26 Å². The molecule has 0 unspecified atom stereocenters. The molecule has 0 bridgehead atoms. The Morgan fingerprint density at radius 3 is 2.31 bits per heavy atom. The van der Waals surface area contributed by atoms with Crippen LogP contribution >= 0.6 is 45.8 Å². The van der Waals surface area contributed by atoms with Crippen LogP contribution in [0.1, 0.15) is 15.9 Å². The van der Waals surface area contributed by atoms with Gasteiger partial charge in [-0.1, -0.05) is 23.2 Å². The quantitative estimate of drug-likeness (QED) is 0.108. The number of hydrogen-bond donors (Lipinski definition) is 1. The second-order valence-corrected chi connectivity index (χ2v) is 8.88. The molecule has 1 amide bonds. The summed E-state index contributed by atoms with van der Waals surface area (Å²) in [7, 11) is 2.96. The lowest BCUT2D eigenvalue weighted by molar-refractivity contribution is -0.112. The maximum atomic E-state index is 12.6. The third-order valence-electron chi connectivity index (χ3n) is 4.63. The molecule has 35 heavy (non-hydrogen) atoms. The van der Waals surface area contributed by atoms with E-state index in [1.807, 2.05) is 28.7 Å². The smallest absolute Gasteiger partial charge is 0.343 e. The zero-order valence-electron chi connectivity index (χ0n) is 18.4. The molecular formula is C25H17Cl2IN2O5. The monoisotopic (exact) mass is 622 g/mol. The van der Waals surface area contributed by atoms with Crippen molar-refractivity contribution in [1.82, 2.24) is 0 Å². The molecule has 3 rings (SSSR count). The first-order valence-corrected chi connectivity index (χ1v) is 11.7. The van der Waals surface area contributed by atoms with E-state index in [-0.39, 0.29) is 22.1 Å². The van der Waals surface area contributed by atoms with Crippen LogP contribution in [0.3, 0.4) is 0 Å². The number of nitrogens with zero attached hydrogens (tertiary/aromatic N) is 1. The first-order valence-electron chi connectivity index (χ1n) is 9.87. The van der Waals surface area contributed by atoms with Gasteiger partial charge < -0.3 is 19.5 Å². The molecule has 1 N–H and O–H groups in total. The summed E-state index contributed by atoms with van der Waals surface area (Å²) in [6, 6.07) is 16.2. The van der Waals surface area contributed by atoms with Crippen molar-refractivity contribution in [2.75, 3.05) is 19.5 Å². The van der Waals surface area contributed by atoms with Gasteiger partial charge >= 0.3 is 5.97 Å². The standard InChI is InChI=1S/C25H17Cl2IN2O5/c1-33-18-6-3-15(4-7-18)25(32)35-23-21(28)10-14(11-22(23)34-2)9-16(13-29)24(31)30-17-5-8-19(26)20(27)12-17/h3-12H,1-2H3,(H,30,31)/b16-9+. The van der Waals surface area contributed by atoms with Gasteiger partial charge in [-0.15, -0.1) is 0 Å². The highest BCUT2D eigenvalue weighted by Gasteiger charge is 2.18. The zero-order valence-corrected chi connectivity index (χ0v) is 22.1. The fourth-order valence-electron chi connectivity index (χ4n) is 2.89. The Bertz CT molecular complexity index is 1350. The minimum absolute atomic E-state index is 0.156. The highest BCUT2D eigenvalue weighted by molar-refractivity contribution is 14.1. The van der Waals surface area contributed by atoms with Gasteiger partial charge in [0.1, 0.15) is 17.4 Å². The molecule has 0 aromatic heterocycles. The van der Waals surface area contributed by atoms with Crippen LogP contribution in [0.5, 0.6) is 17.2 Å². The van der Waals surface area contributed by atoms with Gasteiger partial charge in [-0.25, -0.2) is 4.79 Å². The fourth-order valence-corrected chi connectivity index (χ4v) is 3.92. The lowest BCUT2D eigenvalue weighted by Crippen LogP contribution is -2.13. The molecule has 3 aromatic carbocycles. The van der Waals surface area contributed by atoms with Crippen molar-refractivity contribution in [2.45, 2.75) is 0 Å². The van der Waals surface area contributed by atoms with Crippen LogP contribution in [0.4, 0.5) is 5.69 Å². The number of rotatable bonds is 7. The normalized spacial score (nSPS) is 10.8. The van der Waals surface area contributed by atoms with E-state index in [4.69, 9.17) is 37.4 Å². The van der Waals surface area contributed by atoms with Crippen LogP contribution in [0.25, 0.3) is 6.08 Å². The van der Waals surface area contributed by atoms with Crippen molar-refractivity contribution in [2.24, 2.45) is 0 Å². The SMILES string of the molecule is COc1ccc(C(=O)Oc2c(I)cc(/C=C(\C#N)C(=O)Nc3ccc(Cl)c(Cl)c3)cc2OC)cc1. The number of anilines is 1. The van der Waals surface area contributed by atoms with E-state index >= 15 is 0 Å². The number of nitrogens with one attached hydrogen (secondary N) is 1. The summed E-state index contributed by atoms with van der Waals surface area (Å²) in [6.45, 7) is 0. The minimum Gasteiger partial charge on any atom is -0.497 e. The average molecular weight is 623 g/mol. The number of amides is 1. The summed E-state index contributed by atoms with van der Waals surface area (Å²) in [5.74, 6) is -0.126. The maximum absolute atomic E-state index is 12.6. The van der Waals surface area contributed by atoms with Crippen LogP contribution in [0.15, 0.2) is 60.2 Å². The van der Waals surface area contributed by atoms with Gasteiger partial charge in [-0.05, 0) is 88.8 Å². The van der Waals surface area contributed by atoms with Crippen molar-refractivity contribution in [3.05, 3.63) is 84.9 Å². The Labute approximate surface area is 225 Å². The largest absolute Gasteiger partial charge is 0.497 e. The molecule has 0 aliphatic carbocycles. The lowest BCUT2D eigenvalue weighted by atomic mass is 10.1. The molecule has 7 nitrogen and oxygen atoms in total. The number of nitriles is 1. The van der Waals surface area contributed by atoms with Crippen molar-refractivity contribution in [3.8, 4) is 23.3 Å². The molecular weight excluding hydrogens is 606 g/mol. The number of benzene rings is 3. The highest BCUT2D eigenvalue weighted by Crippen LogP contribution is 2.35. The molecule has 3 aromatic rings. The van der Waals surface area contributed by atoms with Crippen LogP contribution in [0, 0.1) is 14.9 Å². The highest BCUT2D eigenvalue weighted by atomic mass is 127. The van der Waals surface area contributed by atoms with Crippen LogP contribution in [-0.2, 0) is 4.79 Å². The van der Waals surface area contributed by atoms with E-state index in [1.165, 1.54) is 32.4 Å². The zero-order chi connectivity index (χ0) is 25.5. The maximum Gasteiger partial charge on any atom is 0.343 e. The number of halogens is 3. The third-order valence-corrected chi connectivity index (χ3v) is 6.17. The lowest BCUT2D eigenvalue weighted by Gasteiger charge is -2.13. The van der Waals surface area contributed by atoms with Gasteiger partial charge in [-0.3, -0.25) is 4.79 Å². The van der Waals surface area contributed by atoms with Crippen LogP contribution < -0.4 is 19.5 Å². The molecule has 0 heterocycles. The summed E-state index contributed by atoms with van der Waals surface area (Å²) in [4.78, 5) is 25.2. The molecule has 0 atom stereocenters. The van der Waals surface area contributed by atoms with Gasteiger partial charge in [0, 0.05) is 5.69 Å². The topological polar surface area (TPSA) is 97.7 Å². The van der Waals surface area contributed by atoms with Crippen molar-refractivity contribution >= 4 is 69.4 Å². The predicted molar refractivity (Wildman–Crippen MR) is 142 cm³/mol. The van der Waals surface area contributed by atoms with E-state index in [0.717, 1.165) is 0 Å². The van der Waals surface area contributed by atoms with Gasteiger partial charge in [-0.2, -0.15) is 5.26 Å². The number of ether oxygens (including phenoxy) is 3. The Kier molecular flexibility index (Phi) is 8.98. The first kappa shape index (κ1) is 26.3. The molecule has 0 aliphatic heterocycles. The van der Waals surface area contributed by atoms with Crippen molar-refractivity contribution in [3.63, 3.8) is 0 Å². The molecule has 0 saturated heterocycles. The third kappa shape index (κ3) is 6.66. The molecule has 0 fully saturated rings. The predicted octanol–water partition coefficient (Wildman–Crippen LogP) is 6.38. The van der Waals surface area contributed by atoms with E-state index in [0.29, 0.717) is 31.2 Å². The summed E-state index contributed by atoms with van der Waals surface area (Å²) in [5, 5.41) is 12.7. The van der Waals surface area contributed by atoms with Gasteiger partial charge in [0.2, 0.25) is 0 Å². The van der Waals surface area contributed by atoms with Gasteiger partial charge in [0.25, 0.3) is 5.91 Å². The Hall–Kier alpha value is -3.26. The number of esters is 1. The van der Waals surface area contributed by atoms with E-state index < -0.39 is 11.9 Å². The number of carbonyl (C=O) groups excluding carboxylic acids is 2. The summed E-state index contributed by atoms with van der Waals surface area (Å²) < 4.78 is 16.6. The van der Waals surface area contributed by atoms with E-state index in [2.05, 4.69) is 5.32 Å². The van der Waals surface area contributed by atoms with Gasteiger partial charge in [0.05, 0.1) is 33.4 Å². The number of methoxy groups -OCH3 is 2.